The standard InChI is InChI=1S/C21H19N3O6S/c1-15-4-8-17(24(26)27)13-20(15)23-21(25)11-7-16-5-9-19(10-6-16)31(28,29)22-14-18-3-2-12-30-18/h2-13,22H,14H2,1H3,(H,23,25). The summed E-state index contributed by atoms with van der Waals surface area (Å²) in [6, 6.07) is 13.5. The minimum atomic E-state index is -3.71. The van der Waals surface area contributed by atoms with E-state index in [4.69, 9.17) is 4.42 Å². The van der Waals surface area contributed by atoms with E-state index >= 15 is 0 Å². The molecular formula is C21H19N3O6S. The van der Waals surface area contributed by atoms with Gasteiger partial charge in [-0.3, -0.25) is 14.9 Å². The number of nitro benzene ring substituents is 1. The minimum Gasteiger partial charge on any atom is -0.468 e. The Kier molecular flexibility index (Phi) is 6.63. The van der Waals surface area contributed by atoms with E-state index in [9.17, 15) is 23.3 Å². The molecule has 0 saturated carbocycles. The molecule has 0 aliphatic rings. The van der Waals surface area contributed by atoms with Gasteiger partial charge in [-0.05, 0) is 48.4 Å². The van der Waals surface area contributed by atoms with E-state index in [1.165, 1.54) is 42.7 Å². The highest BCUT2D eigenvalue weighted by atomic mass is 32.2. The third-order valence-electron chi connectivity index (χ3n) is 4.32. The van der Waals surface area contributed by atoms with Gasteiger partial charge in [0.1, 0.15) is 5.76 Å². The van der Waals surface area contributed by atoms with E-state index in [0.29, 0.717) is 22.6 Å². The Morgan fingerprint density at radius 2 is 1.90 bits per heavy atom. The van der Waals surface area contributed by atoms with Crippen molar-refractivity contribution < 1.29 is 22.6 Å². The highest BCUT2D eigenvalue weighted by Crippen LogP contribution is 2.22. The predicted octanol–water partition coefficient (Wildman–Crippen LogP) is 3.63. The zero-order chi connectivity index (χ0) is 22.4. The van der Waals surface area contributed by atoms with E-state index in [-0.39, 0.29) is 17.1 Å². The van der Waals surface area contributed by atoms with Crippen LogP contribution in [-0.2, 0) is 21.4 Å². The van der Waals surface area contributed by atoms with Crippen LogP contribution in [0.15, 0.2) is 76.2 Å². The van der Waals surface area contributed by atoms with Gasteiger partial charge in [0.15, 0.2) is 0 Å². The lowest BCUT2D eigenvalue weighted by Crippen LogP contribution is -2.22. The Balaban J connectivity index is 1.63. The number of rotatable bonds is 8. The van der Waals surface area contributed by atoms with Gasteiger partial charge < -0.3 is 9.73 Å². The van der Waals surface area contributed by atoms with E-state index in [1.807, 2.05) is 0 Å². The maximum absolute atomic E-state index is 12.3. The first-order valence-corrected chi connectivity index (χ1v) is 10.6. The first kappa shape index (κ1) is 21.9. The zero-order valence-electron chi connectivity index (χ0n) is 16.4. The van der Waals surface area contributed by atoms with Crippen LogP contribution >= 0.6 is 0 Å². The van der Waals surface area contributed by atoms with Crippen LogP contribution in [0.3, 0.4) is 0 Å². The number of furan rings is 1. The molecular weight excluding hydrogens is 422 g/mol. The van der Waals surface area contributed by atoms with Crippen LogP contribution in [0, 0.1) is 17.0 Å². The first-order valence-electron chi connectivity index (χ1n) is 9.11. The second-order valence-corrected chi connectivity index (χ2v) is 8.32. The molecule has 0 saturated heterocycles. The van der Waals surface area contributed by atoms with Crippen molar-refractivity contribution in [3.8, 4) is 0 Å². The van der Waals surface area contributed by atoms with E-state index < -0.39 is 20.9 Å². The van der Waals surface area contributed by atoms with Crippen molar-refractivity contribution in [3.05, 3.63) is 93.9 Å². The lowest BCUT2D eigenvalue weighted by molar-refractivity contribution is -0.384. The Labute approximate surface area is 178 Å². The SMILES string of the molecule is Cc1ccc([N+](=O)[O-])cc1NC(=O)C=Cc1ccc(S(=O)(=O)NCc2ccco2)cc1. The highest BCUT2D eigenvalue weighted by molar-refractivity contribution is 7.89. The fraction of sp³-hybridized carbons (Fsp3) is 0.0952. The third kappa shape index (κ3) is 5.87. The summed E-state index contributed by atoms with van der Waals surface area (Å²) in [6.07, 6.45) is 4.23. The molecule has 0 unspecified atom stereocenters. The molecule has 0 radical (unpaired) electrons. The van der Waals surface area contributed by atoms with Crippen molar-refractivity contribution >= 4 is 33.4 Å². The van der Waals surface area contributed by atoms with Crippen molar-refractivity contribution in [2.75, 3.05) is 5.32 Å². The number of amides is 1. The lowest BCUT2D eigenvalue weighted by atomic mass is 10.1. The maximum Gasteiger partial charge on any atom is 0.271 e. The molecule has 1 heterocycles. The molecule has 0 aliphatic heterocycles. The number of nitro groups is 1. The molecule has 2 aromatic carbocycles. The molecule has 0 aliphatic carbocycles. The van der Waals surface area contributed by atoms with Crippen LogP contribution in [0.4, 0.5) is 11.4 Å². The average Bonchev–Trinajstić information content (AvgIpc) is 3.26. The number of aryl methyl sites for hydroxylation is 1. The van der Waals surface area contributed by atoms with Crippen molar-refractivity contribution in [1.29, 1.82) is 0 Å². The van der Waals surface area contributed by atoms with E-state index in [2.05, 4.69) is 10.0 Å². The fourth-order valence-corrected chi connectivity index (χ4v) is 3.62. The largest absolute Gasteiger partial charge is 0.468 e. The maximum atomic E-state index is 12.3. The van der Waals surface area contributed by atoms with Crippen LogP contribution in [0.2, 0.25) is 0 Å². The van der Waals surface area contributed by atoms with Gasteiger partial charge in [0.2, 0.25) is 15.9 Å². The number of sulfonamides is 1. The van der Waals surface area contributed by atoms with Crippen LogP contribution < -0.4 is 10.0 Å². The van der Waals surface area contributed by atoms with Crippen LogP contribution in [0.5, 0.6) is 0 Å². The molecule has 3 rings (SSSR count). The van der Waals surface area contributed by atoms with Gasteiger partial charge in [0.05, 0.1) is 28.3 Å². The summed E-state index contributed by atoms with van der Waals surface area (Å²) < 4.78 is 32.2. The molecule has 10 heteroatoms. The Bertz CT molecular complexity index is 1220. The Morgan fingerprint density at radius 1 is 1.16 bits per heavy atom. The second-order valence-electron chi connectivity index (χ2n) is 6.55. The number of nitrogens with zero attached hydrogens (tertiary/aromatic N) is 1. The van der Waals surface area contributed by atoms with Gasteiger partial charge in [-0.1, -0.05) is 18.2 Å². The summed E-state index contributed by atoms with van der Waals surface area (Å²) in [6.45, 7) is 1.76. The summed E-state index contributed by atoms with van der Waals surface area (Å²) in [5.74, 6) is 0.0218. The number of nitrogens with one attached hydrogen (secondary N) is 2. The molecule has 3 aromatic rings. The monoisotopic (exact) mass is 441 g/mol. The molecule has 31 heavy (non-hydrogen) atoms. The number of hydrogen-bond acceptors (Lipinski definition) is 6. The number of carbonyl (C=O) groups is 1. The van der Waals surface area contributed by atoms with Gasteiger partial charge in [0, 0.05) is 18.2 Å². The molecule has 0 fully saturated rings. The Hall–Kier alpha value is -3.76. The number of anilines is 1. The average molecular weight is 441 g/mol. The molecule has 9 nitrogen and oxygen atoms in total. The summed E-state index contributed by atoms with van der Waals surface area (Å²) in [5.41, 5.74) is 1.51. The number of non-ortho nitro benzene ring substituents is 1. The van der Waals surface area contributed by atoms with Gasteiger partial charge >= 0.3 is 0 Å². The molecule has 160 valence electrons. The van der Waals surface area contributed by atoms with Crippen LogP contribution in [0.1, 0.15) is 16.9 Å². The molecule has 0 spiro atoms. The summed E-state index contributed by atoms with van der Waals surface area (Å²) in [5, 5.41) is 13.5. The summed E-state index contributed by atoms with van der Waals surface area (Å²) >= 11 is 0. The fourth-order valence-electron chi connectivity index (χ4n) is 2.63. The highest BCUT2D eigenvalue weighted by Gasteiger charge is 2.14. The van der Waals surface area contributed by atoms with Crippen molar-refractivity contribution in [2.45, 2.75) is 18.4 Å². The quantitative estimate of drug-likeness (QED) is 0.312. The molecule has 2 N–H and O–H groups in total. The summed E-state index contributed by atoms with van der Waals surface area (Å²) in [4.78, 5) is 22.6. The van der Waals surface area contributed by atoms with Gasteiger partial charge in [-0.25, -0.2) is 13.1 Å². The van der Waals surface area contributed by atoms with Crippen LogP contribution in [-0.4, -0.2) is 19.2 Å². The van der Waals surface area contributed by atoms with E-state index in [1.54, 1.807) is 37.3 Å². The number of carbonyl (C=O) groups excluding carboxylic acids is 1. The normalized spacial score (nSPS) is 11.5. The molecule has 1 aromatic heterocycles. The van der Waals surface area contributed by atoms with Crippen molar-refractivity contribution in [1.82, 2.24) is 4.72 Å². The molecule has 0 bridgehead atoms. The summed E-state index contributed by atoms with van der Waals surface area (Å²) in [7, 11) is -3.71. The number of benzene rings is 2. The second kappa shape index (κ2) is 9.37. The van der Waals surface area contributed by atoms with Gasteiger partial charge in [0.25, 0.3) is 5.69 Å². The molecule has 0 atom stereocenters. The van der Waals surface area contributed by atoms with Gasteiger partial charge in [-0.15, -0.1) is 0 Å². The van der Waals surface area contributed by atoms with Crippen LogP contribution in [0.25, 0.3) is 6.08 Å². The first-order chi connectivity index (χ1) is 14.7. The third-order valence-corrected chi connectivity index (χ3v) is 5.74. The topological polar surface area (TPSA) is 132 Å². The lowest BCUT2D eigenvalue weighted by Gasteiger charge is -2.06. The molecule has 1 amide bonds. The minimum absolute atomic E-state index is 0.0359. The predicted molar refractivity (Wildman–Crippen MR) is 115 cm³/mol. The van der Waals surface area contributed by atoms with Crippen molar-refractivity contribution in [3.63, 3.8) is 0 Å². The smallest absolute Gasteiger partial charge is 0.271 e. The Morgan fingerprint density at radius 3 is 2.55 bits per heavy atom. The zero-order valence-corrected chi connectivity index (χ0v) is 17.3. The number of hydrogen-bond donors (Lipinski definition) is 2. The van der Waals surface area contributed by atoms with Gasteiger partial charge in [-0.2, -0.15) is 0 Å². The van der Waals surface area contributed by atoms with E-state index in [0.717, 1.165) is 0 Å². The van der Waals surface area contributed by atoms with Crippen molar-refractivity contribution in [2.24, 2.45) is 0 Å².